The Morgan fingerprint density at radius 1 is 1.53 bits per heavy atom. The molecule has 3 rings (SSSR count). The Kier molecular flexibility index (Phi) is 4.06. The largest absolute Gasteiger partial charge is 0.386 e. The molecule has 5 heteroatoms. The number of hydrogen-bond donors (Lipinski definition) is 2. The van der Waals surface area contributed by atoms with Crippen LogP contribution >= 0.6 is 23.4 Å². The maximum absolute atomic E-state index is 10.3. The number of rotatable bonds is 3. The van der Waals surface area contributed by atoms with E-state index in [-0.39, 0.29) is 6.04 Å². The minimum atomic E-state index is -0.705. The van der Waals surface area contributed by atoms with Gasteiger partial charge < -0.3 is 15.2 Å². The Bertz CT molecular complexity index is 463. The first-order chi connectivity index (χ1) is 9.16. The third-order valence-electron chi connectivity index (χ3n) is 3.77. The molecule has 2 atom stereocenters. The van der Waals surface area contributed by atoms with E-state index in [0.29, 0.717) is 26.2 Å². The van der Waals surface area contributed by atoms with Crippen LogP contribution in [0, 0.1) is 0 Å². The summed E-state index contributed by atoms with van der Waals surface area (Å²) in [4.78, 5) is 1.29. The second-order valence-corrected chi connectivity index (χ2v) is 6.85. The molecule has 1 aromatic rings. The van der Waals surface area contributed by atoms with Gasteiger partial charge in [0.2, 0.25) is 0 Å². The molecule has 0 amide bonds. The van der Waals surface area contributed by atoms with Gasteiger partial charge >= 0.3 is 0 Å². The minimum absolute atomic E-state index is 0.277. The number of ether oxygens (including phenoxy) is 1. The fourth-order valence-electron chi connectivity index (χ4n) is 2.63. The first-order valence-electron chi connectivity index (χ1n) is 6.62. The highest BCUT2D eigenvalue weighted by molar-refractivity contribution is 7.99. The number of benzene rings is 1. The Morgan fingerprint density at radius 2 is 2.42 bits per heavy atom. The van der Waals surface area contributed by atoms with Gasteiger partial charge in [-0.1, -0.05) is 11.6 Å². The number of thioether (sulfide) groups is 1. The fourth-order valence-corrected chi connectivity index (χ4v) is 3.91. The maximum atomic E-state index is 10.3. The first-order valence-corrected chi connectivity index (χ1v) is 7.98. The van der Waals surface area contributed by atoms with Crippen LogP contribution in [0.1, 0.15) is 24.4 Å². The number of aliphatic hydroxyl groups is 1. The molecular weight excluding hydrogens is 282 g/mol. The lowest BCUT2D eigenvalue weighted by molar-refractivity contribution is 0.0246. The van der Waals surface area contributed by atoms with Crippen molar-refractivity contribution in [1.82, 2.24) is 5.32 Å². The average molecular weight is 300 g/mol. The van der Waals surface area contributed by atoms with Crippen molar-refractivity contribution < 1.29 is 9.84 Å². The van der Waals surface area contributed by atoms with Crippen LogP contribution in [0.2, 0.25) is 5.02 Å². The molecule has 3 nitrogen and oxygen atoms in total. The van der Waals surface area contributed by atoms with Gasteiger partial charge in [-0.05, 0) is 35.9 Å². The van der Waals surface area contributed by atoms with Crippen molar-refractivity contribution in [2.75, 3.05) is 25.5 Å². The van der Waals surface area contributed by atoms with E-state index in [1.807, 2.05) is 23.9 Å². The highest BCUT2D eigenvalue weighted by Gasteiger charge is 2.33. The van der Waals surface area contributed by atoms with Crippen molar-refractivity contribution in [1.29, 1.82) is 0 Å². The first kappa shape index (κ1) is 13.7. The number of fused-ring (bicyclic) bond motifs is 1. The topological polar surface area (TPSA) is 41.5 Å². The molecule has 2 heterocycles. The molecule has 2 N–H and O–H groups in total. The van der Waals surface area contributed by atoms with Crippen LogP contribution < -0.4 is 5.32 Å². The van der Waals surface area contributed by atoms with Crippen LogP contribution in [0.4, 0.5) is 0 Å². The molecule has 19 heavy (non-hydrogen) atoms. The van der Waals surface area contributed by atoms with E-state index in [4.69, 9.17) is 16.3 Å². The smallest absolute Gasteiger partial charge is 0.103 e. The van der Waals surface area contributed by atoms with E-state index >= 15 is 0 Å². The van der Waals surface area contributed by atoms with Crippen molar-refractivity contribution in [3.63, 3.8) is 0 Å². The predicted octanol–water partition coefficient (Wildman–Crippen LogP) is 2.62. The van der Waals surface area contributed by atoms with Crippen molar-refractivity contribution >= 4 is 23.4 Å². The normalized spacial score (nSPS) is 30.3. The van der Waals surface area contributed by atoms with Crippen LogP contribution in [0.3, 0.4) is 0 Å². The van der Waals surface area contributed by atoms with Gasteiger partial charge in [-0.2, -0.15) is 0 Å². The highest BCUT2D eigenvalue weighted by Crippen LogP contribution is 2.37. The van der Waals surface area contributed by atoms with E-state index in [1.54, 1.807) is 0 Å². The van der Waals surface area contributed by atoms with Gasteiger partial charge in [0, 0.05) is 35.5 Å². The summed E-state index contributed by atoms with van der Waals surface area (Å²) in [6.07, 6.45) is 1.78. The molecule has 2 aliphatic rings. The van der Waals surface area contributed by atoms with Crippen LogP contribution in [-0.4, -0.2) is 36.2 Å². The Balaban J connectivity index is 1.71. The Labute approximate surface area is 122 Å². The molecule has 1 aromatic carbocycles. The molecule has 0 radical (unpaired) electrons. The molecule has 0 saturated carbocycles. The Hall–Kier alpha value is -0.260. The van der Waals surface area contributed by atoms with Crippen LogP contribution in [0.5, 0.6) is 0 Å². The lowest BCUT2D eigenvalue weighted by atomic mass is 10.00. The van der Waals surface area contributed by atoms with E-state index in [2.05, 4.69) is 11.4 Å². The number of hydrogen-bond acceptors (Lipinski definition) is 4. The second kappa shape index (κ2) is 5.62. The van der Waals surface area contributed by atoms with Crippen molar-refractivity contribution in [2.45, 2.75) is 29.4 Å². The zero-order valence-corrected chi connectivity index (χ0v) is 12.3. The standard InChI is InChI=1S/C14H18ClNO2S/c15-10-1-2-13-11(7-10)12(3-6-19-13)16-8-14(17)4-5-18-9-14/h1-2,7,12,16-17H,3-6,8-9H2. The summed E-state index contributed by atoms with van der Waals surface area (Å²) in [6.45, 7) is 1.67. The molecule has 2 aliphatic heterocycles. The van der Waals surface area contributed by atoms with Gasteiger partial charge in [0.15, 0.2) is 0 Å². The zero-order valence-electron chi connectivity index (χ0n) is 10.7. The van der Waals surface area contributed by atoms with Gasteiger partial charge in [0.25, 0.3) is 0 Å². The molecule has 1 saturated heterocycles. The summed E-state index contributed by atoms with van der Waals surface area (Å²) in [7, 11) is 0. The second-order valence-electron chi connectivity index (χ2n) is 5.28. The van der Waals surface area contributed by atoms with Gasteiger partial charge in [-0.25, -0.2) is 0 Å². The van der Waals surface area contributed by atoms with E-state index in [1.165, 1.54) is 10.5 Å². The van der Waals surface area contributed by atoms with Gasteiger partial charge in [0.05, 0.1) is 6.61 Å². The van der Waals surface area contributed by atoms with Crippen molar-refractivity contribution in [3.8, 4) is 0 Å². The molecule has 2 unspecified atom stereocenters. The monoisotopic (exact) mass is 299 g/mol. The summed E-state index contributed by atoms with van der Waals surface area (Å²) < 4.78 is 5.27. The van der Waals surface area contributed by atoms with Crippen molar-refractivity contribution in [3.05, 3.63) is 28.8 Å². The predicted molar refractivity (Wildman–Crippen MR) is 77.9 cm³/mol. The SMILES string of the molecule is OC1(CNC2CCSc3ccc(Cl)cc32)CCOC1. The third kappa shape index (κ3) is 3.09. The summed E-state index contributed by atoms with van der Waals surface area (Å²) in [5.74, 6) is 1.10. The third-order valence-corrected chi connectivity index (χ3v) is 5.13. The molecule has 0 bridgehead atoms. The molecule has 104 valence electrons. The quantitative estimate of drug-likeness (QED) is 0.900. The lowest BCUT2D eigenvalue weighted by Crippen LogP contribution is -2.42. The lowest BCUT2D eigenvalue weighted by Gasteiger charge is -2.29. The molecule has 1 fully saturated rings. The maximum Gasteiger partial charge on any atom is 0.103 e. The van der Waals surface area contributed by atoms with Crippen LogP contribution in [-0.2, 0) is 4.74 Å². The van der Waals surface area contributed by atoms with Gasteiger partial charge in [0.1, 0.15) is 5.60 Å². The molecule has 0 spiro atoms. The van der Waals surface area contributed by atoms with E-state index in [0.717, 1.165) is 17.2 Å². The summed E-state index contributed by atoms with van der Waals surface area (Å²) in [5, 5.41) is 14.6. The molecule has 0 aromatic heterocycles. The average Bonchev–Trinajstić information content (AvgIpc) is 2.84. The highest BCUT2D eigenvalue weighted by atomic mass is 35.5. The summed E-state index contributed by atoms with van der Waals surface area (Å²) in [6, 6.07) is 6.34. The van der Waals surface area contributed by atoms with Crippen LogP contribution in [0.25, 0.3) is 0 Å². The fraction of sp³-hybridized carbons (Fsp3) is 0.571. The number of nitrogens with one attached hydrogen (secondary N) is 1. The summed E-state index contributed by atoms with van der Waals surface area (Å²) >= 11 is 7.96. The van der Waals surface area contributed by atoms with Gasteiger partial charge in [-0.15, -0.1) is 11.8 Å². The summed E-state index contributed by atoms with van der Waals surface area (Å²) in [5.41, 5.74) is 0.551. The minimum Gasteiger partial charge on any atom is -0.386 e. The molecular formula is C14H18ClNO2S. The van der Waals surface area contributed by atoms with E-state index in [9.17, 15) is 5.11 Å². The van der Waals surface area contributed by atoms with Gasteiger partial charge in [-0.3, -0.25) is 0 Å². The molecule has 0 aliphatic carbocycles. The number of halogens is 1. The van der Waals surface area contributed by atoms with Crippen molar-refractivity contribution in [2.24, 2.45) is 0 Å². The van der Waals surface area contributed by atoms with Crippen LogP contribution in [0.15, 0.2) is 23.1 Å². The Morgan fingerprint density at radius 3 is 3.21 bits per heavy atom. The zero-order chi connectivity index (χ0) is 13.3. The van der Waals surface area contributed by atoms with E-state index < -0.39 is 5.60 Å².